The molecule has 4 nitrogen and oxygen atoms in total. The molecule has 0 unspecified atom stereocenters. The normalized spacial score (nSPS) is 20.4. The molecule has 92 valence electrons. The zero-order valence-electron chi connectivity index (χ0n) is 9.93. The fraction of sp³-hybridized carbons (Fsp3) is 0.500. The molecule has 1 aliphatic rings. The maximum Gasteiger partial charge on any atom is 0.264 e. The van der Waals surface area contributed by atoms with Gasteiger partial charge in [-0.1, -0.05) is 0 Å². The summed E-state index contributed by atoms with van der Waals surface area (Å²) in [6.07, 6.45) is 0. The molecule has 0 saturated carbocycles. The molecule has 0 aromatic carbocycles. The van der Waals surface area contributed by atoms with Gasteiger partial charge < -0.3 is 9.64 Å². The van der Waals surface area contributed by atoms with Gasteiger partial charge in [0.15, 0.2) is 5.78 Å². The molecular formula is C12H15NO3S. The summed E-state index contributed by atoms with van der Waals surface area (Å²) in [7, 11) is 0. The minimum atomic E-state index is -0.00157. The molecule has 17 heavy (non-hydrogen) atoms. The summed E-state index contributed by atoms with van der Waals surface area (Å²) in [5.41, 5.74) is 0. The van der Waals surface area contributed by atoms with Gasteiger partial charge in [0.1, 0.15) is 0 Å². The second kappa shape index (κ2) is 4.98. The highest BCUT2D eigenvalue weighted by molar-refractivity contribution is 7.15. The van der Waals surface area contributed by atoms with Crippen LogP contribution in [-0.2, 0) is 4.74 Å². The predicted molar refractivity (Wildman–Crippen MR) is 65.6 cm³/mol. The first-order valence-electron chi connectivity index (χ1n) is 5.59. The van der Waals surface area contributed by atoms with E-state index >= 15 is 0 Å². The minimum absolute atomic E-state index is 0.00157. The topological polar surface area (TPSA) is 46.6 Å². The van der Waals surface area contributed by atoms with E-state index < -0.39 is 0 Å². The Hall–Kier alpha value is -1.20. The number of carbonyl (C=O) groups excluding carboxylic acids is 2. The van der Waals surface area contributed by atoms with Crippen molar-refractivity contribution in [3.8, 4) is 0 Å². The highest BCUT2D eigenvalue weighted by Crippen LogP contribution is 2.20. The van der Waals surface area contributed by atoms with Crippen molar-refractivity contribution in [1.29, 1.82) is 0 Å². The van der Waals surface area contributed by atoms with Crippen LogP contribution in [0.25, 0.3) is 0 Å². The third-order valence-corrected chi connectivity index (χ3v) is 3.97. The number of carbonyl (C=O) groups is 2. The first-order valence-corrected chi connectivity index (χ1v) is 6.40. The molecule has 1 fully saturated rings. The number of nitrogens with zero attached hydrogens (tertiary/aromatic N) is 1. The van der Waals surface area contributed by atoms with Crippen LogP contribution in [0.2, 0.25) is 0 Å². The number of ether oxygens (including phenoxy) is 1. The van der Waals surface area contributed by atoms with Crippen LogP contribution in [0.1, 0.15) is 33.2 Å². The van der Waals surface area contributed by atoms with Crippen LogP contribution < -0.4 is 0 Å². The molecule has 1 saturated heterocycles. The standard InChI is InChI=1S/C12H15NO3S/c1-8-7-16-6-5-13(8)12(15)11-4-3-10(17-11)9(2)14/h3-4,8H,5-7H2,1-2H3/t8-/m1/s1. The van der Waals surface area contributed by atoms with E-state index in [1.165, 1.54) is 18.3 Å². The molecule has 1 atom stereocenters. The number of amides is 1. The molecule has 1 amide bonds. The van der Waals surface area contributed by atoms with E-state index in [0.717, 1.165) is 0 Å². The SMILES string of the molecule is CC(=O)c1ccc(C(=O)N2CCOC[C@H]2C)s1. The number of hydrogen-bond acceptors (Lipinski definition) is 4. The molecule has 1 aliphatic heterocycles. The van der Waals surface area contributed by atoms with Crippen LogP contribution in [0.5, 0.6) is 0 Å². The maximum atomic E-state index is 12.2. The smallest absolute Gasteiger partial charge is 0.264 e. The number of morpholine rings is 1. The van der Waals surface area contributed by atoms with Crippen molar-refractivity contribution in [3.05, 3.63) is 21.9 Å². The van der Waals surface area contributed by atoms with Crippen molar-refractivity contribution in [2.45, 2.75) is 19.9 Å². The number of thiophene rings is 1. The van der Waals surface area contributed by atoms with Gasteiger partial charge in [-0.25, -0.2) is 0 Å². The molecule has 0 aliphatic carbocycles. The molecule has 0 radical (unpaired) electrons. The third-order valence-electron chi connectivity index (χ3n) is 2.79. The van der Waals surface area contributed by atoms with Crippen LogP contribution >= 0.6 is 11.3 Å². The van der Waals surface area contributed by atoms with Crippen molar-refractivity contribution < 1.29 is 14.3 Å². The number of Topliss-reactive ketones (excluding diaryl/α,β-unsaturated/α-hetero) is 1. The molecule has 1 aromatic heterocycles. The lowest BCUT2D eigenvalue weighted by Crippen LogP contribution is -2.46. The van der Waals surface area contributed by atoms with Crippen molar-refractivity contribution in [2.75, 3.05) is 19.8 Å². The van der Waals surface area contributed by atoms with E-state index in [1.54, 1.807) is 17.0 Å². The van der Waals surface area contributed by atoms with Gasteiger partial charge in [0.2, 0.25) is 0 Å². The summed E-state index contributed by atoms with van der Waals surface area (Å²) in [4.78, 5) is 26.5. The Morgan fingerprint density at radius 1 is 1.41 bits per heavy atom. The largest absolute Gasteiger partial charge is 0.377 e. The van der Waals surface area contributed by atoms with E-state index in [0.29, 0.717) is 29.5 Å². The van der Waals surface area contributed by atoms with Crippen molar-refractivity contribution in [3.63, 3.8) is 0 Å². The highest BCUT2D eigenvalue weighted by Gasteiger charge is 2.25. The quantitative estimate of drug-likeness (QED) is 0.755. The van der Waals surface area contributed by atoms with Gasteiger partial charge in [-0.3, -0.25) is 9.59 Å². The summed E-state index contributed by atoms with van der Waals surface area (Å²) in [6.45, 7) is 5.26. The molecule has 0 bridgehead atoms. The van der Waals surface area contributed by atoms with Gasteiger partial charge >= 0.3 is 0 Å². The van der Waals surface area contributed by atoms with Crippen molar-refractivity contribution in [2.24, 2.45) is 0 Å². The zero-order valence-corrected chi connectivity index (χ0v) is 10.8. The number of hydrogen-bond donors (Lipinski definition) is 0. The second-order valence-corrected chi connectivity index (χ2v) is 5.23. The molecule has 0 spiro atoms. The predicted octanol–water partition coefficient (Wildman–Crippen LogP) is 1.81. The Labute approximate surface area is 104 Å². The summed E-state index contributed by atoms with van der Waals surface area (Å²) in [5.74, 6) is 0.00220. The lowest BCUT2D eigenvalue weighted by Gasteiger charge is -2.32. The summed E-state index contributed by atoms with van der Waals surface area (Å²) in [5, 5.41) is 0. The van der Waals surface area contributed by atoms with Crippen LogP contribution in [0.3, 0.4) is 0 Å². The number of ketones is 1. The van der Waals surface area contributed by atoms with Crippen molar-refractivity contribution in [1.82, 2.24) is 4.90 Å². The molecule has 1 aromatic rings. The van der Waals surface area contributed by atoms with Crippen LogP contribution in [0.4, 0.5) is 0 Å². The monoisotopic (exact) mass is 253 g/mol. The number of rotatable bonds is 2. The van der Waals surface area contributed by atoms with Crippen LogP contribution in [0, 0.1) is 0 Å². The summed E-state index contributed by atoms with van der Waals surface area (Å²) in [6, 6.07) is 3.54. The lowest BCUT2D eigenvalue weighted by atomic mass is 10.2. The van der Waals surface area contributed by atoms with Crippen molar-refractivity contribution >= 4 is 23.0 Å². The second-order valence-electron chi connectivity index (χ2n) is 4.14. The lowest BCUT2D eigenvalue weighted by molar-refractivity contribution is 0.00387. The Bertz CT molecular complexity index is 441. The van der Waals surface area contributed by atoms with E-state index in [4.69, 9.17) is 4.74 Å². The Balaban J connectivity index is 2.15. The van der Waals surface area contributed by atoms with E-state index in [9.17, 15) is 9.59 Å². The Kier molecular flexibility index (Phi) is 3.59. The van der Waals surface area contributed by atoms with Gasteiger partial charge in [0.05, 0.1) is 29.0 Å². The average Bonchev–Trinajstić information content (AvgIpc) is 2.78. The van der Waals surface area contributed by atoms with Gasteiger partial charge in [-0.2, -0.15) is 0 Å². The van der Waals surface area contributed by atoms with Gasteiger partial charge in [-0.15, -0.1) is 11.3 Å². The molecule has 2 heterocycles. The average molecular weight is 253 g/mol. The Morgan fingerprint density at radius 2 is 2.12 bits per heavy atom. The fourth-order valence-corrected chi connectivity index (χ4v) is 2.67. The first kappa shape index (κ1) is 12.3. The summed E-state index contributed by atoms with van der Waals surface area (Å²) >= 11 is 1.26. The Morgan fingerprint density at radius 3 is 2.71 bits per heavy atom. The molecule has 5 heteroatoms. The van der Waals surface area contributed by atoms with Gasteiger partial charge in [0.25, 0.3) is 5.91 Å². The molecule has 0 N–H and O–H groups in total. The third kappa shape index (κ3) is 2.56. The van der Waals surface area contributed by atoms with Gasteiger partial charge in [0, 0.05) is 6.54 Å². The van der Waals surface area contributed by atoms with E-state index in [-0.39, 0.29) is 17.7 Å². The molecule has 2 rings (SSSR count). The fourth-order valence-electron chi connectivity index (χ4n) is 1.81. The zero-order chi connectivity index (χ0) is 12.4. The van der Waals surface area contributed by atoms with Crippen LogP contribution in [-0.4, -0.2) is 42.4 Å². The van der Waals surface area contributed by atoms with E-state index in [2.05, 4.69) is 0 Å². The summed E-state index contributed by atoms with van der Waals surface area (Å²) < 4.78 is 5.30. The first-order chi connectivity index (χ1) is 8.09. The van der Waals surface area contributed by atoms with E-state index in [1.807, 2.05) is 6.92 Å². The minimum Gasteiger partial charge on any atom is -0.377 e. The highest BCUT2D eigenvalue weighted by atomic mass is 32.1. The van der Waals surface area contributed by atoms with Gasteiger partial charge in [-0.05, 0) is 26.0 Å². The molecular weight excluding hydrogens is 238 g/mol. The maximum absolute atomic E-state index is 12.2. The van der Waals surface area contributed by atoms with Crippen LogP contribution in [0.15, 0.2) is 12.1 Å².